The van der Waals surface area contributed by atoms with Gasteiger partial charge in [0.15, 0.2) is 0 Å². The summed E-state index contributed by atoms with van der Waals surface area (Å²) in [5, 5.41) is 7.87. The number of hydrogen-bond acceptors (Lipinski definition) is 3. The molecule has 0 aliphatic carbocycles. The van der Waals surface area contributed by atoms with E-state index in [-0.39, 0.29) is 0 Å². The molecule has 92 valence electrons. The van der Waals surface area contributed by atoms with E-state index in [9.17, 15) is 0 Å². The lowest BCUT2D eigenvalue weighted by molar-refractivity contribution is 0.601. The van der Waals surface area contributed by atoms with E-state index in [1.807, 2.05) is 11.8 Å². The molecule has 3 nitrogen and oxygen atoms in total. The number of aromatic nitrogens is 2. The maximum absolute atomic E-state index is 4.53. The van der Waals surface area contributed by atoms with E-state index in [4.69, 9.17) is 0 Å². The van der Waals surface area contributed by atoms with Gasteiger partial charge in [0.05, 0.1) is 5.69 Å². The van der Waals surface area contributed by atoms with Crippen molar-refractivity contribution in [1.29, 1.82) is 0 Å². The second-order valence-corrected chi connectivity index (χ2v) is 5.23. The van der Waals surface area contributed by atoms with Crippen molar-refractivity contribution in [2.24, 2.45) is 0 Å². The van der Waals surface area contributed by atoms with Gasteiger partial charge in [0, 0.05) is 24.8 Å². The summed E-state index contributed by atoms with van der Waals surface area (Å²) in [5.74, 6) is 2.45. The summed E-state index contributed by atoms with van der Waals surface area (Å²) in [6, 6.07) is 0. The molecule has 0 amide bonds. The molecule has 0 bridgehead atoms. The van der Waals surface area contributed by atoms with Crippen LogP contribution in [0.4, 0.5) is 0 Å². The van der Waals surface area contributed by atoms with Crippen LogP contribution < -0.4 is 5.32 Å². The quantitative estimate of drug-likeness (QED) is 0.709. The first kappa shape index (κ1) is 13.6. The summed E-state index contributed by atoms with van der Waals surface area (Å²) in [6.45, 7) is 9.41. The summed E-state index contributed by atoms with van der Waals surface area (Å²) in [6.07, 6.45) is 3.38. The van der Waals surface area contributed by atoms with Crippen molar-refractivity contribution in [3.05, 3.63) is 17.5 Å². The van der Waals surface area contributed by atoms with Gasteiger partial charge in [0.2, 0.25) is 0 Å². The fourth-order valence-electron chi connectivity index (χ4n) is 1.58. The van der Waals surface area contributed by atoms with Gasteiger partial charge in [-0.1, -0.05) is 13.8 Å². The zero-order valence-corrected chi connectivity index (χ0v) is 11.4. The van der Waals surface area contributed by atoms with E-state index in [1.165, 1.54) is 23.5 Å². The van der Waals surface area contributed by atoms with E-state index in [0.717, 1.165) is 25.3 Å². The molecule has 0 aromatic carbocycles. The monoisotopic (exact) mass is 241 g/mol. The van der Waals surface area contributed by atoms with E-state index < -0.39 is 0 Å². The minimum absolute atomic E-state index is 0.937. The van der Waals surface area contributed by atoms with Crippen LogP contribution in [-0.4, -0.2) is 27.8 Å². The minimum Gasteiger partial charge on any atom is -0.313 e. The lowest BCUT2D eigenvalue weighted by Gasteiger charge is -2.00. The molecule has 1 aromatic rings. The third-order valence-corrected chi connectivity index (χ3v) is 3.48. The Hall–Kier alpha value is -0.480. The van der Waals surface area contributed by atoms with Crippen molar-refractivity contribution < 1.29 is 0 Å². The smallest absolute Gasteiger partial charge is 0.0638 e. The SMILES string of the molecule is CCNCc1cn(CCCSCC)nc1C. The van der Waals surface area contributed by atoms with Crippen molar-refractivity contribution in [3.63, 3.8) is 0 Å². The van der Waals surface area contributed by atoms with Crippen LogP contribution in [0.15, 0.2) is 6.20 Å². The highest BCUT2D eigenvalue weighted by Crippen LogP contribution is 2.07. The molecule has 0 saturated heterocycles. The molecule has 1 heterocycles. The molecular formula is C12H23N3S. The van der Waals surface area contributed by atoms with Crippen LogP contribution in [0.3, 0.4) is 0 Å². The van der Waals surface area contributed by atoms with Gasteiger partial charge in [-0.25, -0.2) is 0 Å². The highest BCUT2D eigenvalue weighted by atomic mass is 32.2. The van der Waals surface area contributed by atoms with Crippen LogP contribution in [0.5, 0.6) is 0 Å². The Morgan fingerprint density at radius 1 is 1.44 bits per heavy atom. The molecule has 0 unspecified atom stereocenters. The summed E-state index contributed by atoms with van der Waals surface area (Å²) in [4.78, 5) is 0. The van der Waals surface area contributed by atoms with Crippen molar-refractivity contribution in [2.75, 3.05) is 18.1 Å². The average molecular weight is 241 g/mol. The number of nitrogens with one attached hydrogen (secondary N) is 1. The van der Waals surface area contributed by atoms with Crippen LogP contribution in [0.25, 0.3) is 0 Å². The molecule has 0 atom stereocenters. The van der Waals surface area contributed by atoms with Crippen LogP contribution in [0.1, 0.15) is 31.5 Å². The average Bonchev–Trinajstić information content (AvgIpc) is 2.63. The van der Waals surface area contributed by atoms with Crippen molar-refractivity contribution in [3.8, 4) is 0 Å². The summed E-state index contributed by atoms with van der Waals surface area (Å²) in [7, 11) is 0. The number of nitrogens with zero attached hydrogens (tertiary/aromatic N) is 2. The fourth-order valence-corrected chi connectivity index (χ4v) is 2.20. The zero-order chi connectivity index (χ0) is 11.8. The first-order chi connectivity index (χ1) is 7.77. The fraction of sp³-hybridized carbons (Fsp3) is 0.750. The normalized spacial score (nSPS) is 10.9. The molecule has 0 aliphatic heterocycles. The molecule has 1 N–H and O–H groups in total. The van der Waals surface area contributed by atoms with Crippen LogP contribution in [0, 0.1) is 6.92 Å². The van der Waals surface area contributed by atoms with Gasteiger partial charge in [-0.15, -0.1) is 0 Å². The van der Waals surface area contributed by atoms with Crippen molar-refractivity contribution in [2.45, 2.75) is 40.3 Å². The summed E-state index contributed by atoms with van der Waals surface area (Å²) in [5.41, 5.74) is 2.48. The molecule has 0 spiro atoms. The summed E-state index contributed by atoms with van der Waals surface area (Å²) >= 11 is 2.00. The lowest BCUT2D eigenvalue weighted by Crippen LogP contribution is -2.11. The maximum atomic E-state index is 4.53. The zero-order valence-electron chi connectivity index (χ0n) is 10.6. The van der Waals surface area contributed by atoms with E-state index in [2.05, 4.69) is 42.1 Å². The Labute approximate surface area is 103 Å². The van der Waals surface area contributed by atoms with Gasteiger partial charge in [-0.3, -0.25) is 4.68 Å². The van der Waals surface area contributed by atoms with Crippen molar-refractivity contribution in [1.82, 2.24) is 15.1 Å². The van der Waals surface area contributed by atoms with Crippen LogP contribution in [0.2, 0.25) is 0 Å². The summed E-state index contributed by atoms with van der Waals surface area (Å²) < 4.78 is 2.08. The second-order valence-electron chi connectivity index (χ2n) is 3.83. The van der Waals surface area contributed by atoms with E-state index in [0.29, 0.717) is 0 Å². The molecular weight excluding hydrogens is 218 g/mol. The van der Waals surface area contributed by atoms with E-state index in [1.54, 1.807) is 0 Å². The number of thioether (sulfide) groups is 1. The van der Waals surface area contributed by atoms with Crippen LogP contribution >= 0.6 is 11.8 Å². The first-order valence-corrected chi connectivity index (χ1v) is 7.24. The standard InChI is InChI=1S/C12H23N3S/c1-4-13-9-12-10-15(14-11(12)3)7-6-8-16-5-2/h10,13H,4-9H2,1-3H3. The largest absolute Gasteiger partial charge is 0.313 e. The van der Waals surface area contributed by atoms with Gasteiger partial charge in [-0.2, -0.15) is 16.9 Å². The number of aryl methyl sites for hydroxylation is 2. The predicted octanol–water partition coefficient (Wildman–Crippen LogP) is 2.44. The van der Waals surface area contributed by atoms with Gasteiger partial charge < -0.3 is 5.32 Å². The Balaban J connectivity index is 2.36. The van der Waals surface area contributed by atoms with Gasteiger partial charge >= 0.3 is 0 Å². The Bertz CT molecular complexity index is 296. The molecule has 0 fully saturated rings. The molecule has 1 aromatic heterocycles. The Morgan fingerprint density at radius 2 is 2.25 bits per heavy atom. The molecule has 0 saturated carbocycles. The van der Waals surface area contributed by atoms with Gasteiger partial charge in [0.1, 0.15) is 0 Å². The Morgan fingerprint density at radius 3 is 2.94 bits per heavy atom. The molecule has 4 heteroatoms. The Kier molecular flexibility index (Phi) is 6.57. The number of hydrogen-bond donors (Lipinski definition) is 1. The van der Waals surface area contributed by atoms with E-state index >= 15 is 0 Å². The van der Waals surface area contributed by atoms with Crippen molar-refractivity contribution >= 4 is 11.8 Å². The highest BCUT2D eigenvalue weighted by Gasteiger charge is 2.03. The molecule has 1 rings (SSSR count). The topological polar surface area (TPSA) is 29.9 Å². The third-order valence-electron chi connectivity index (χ3n) is 2.49. The third kappa shape index (κ3) is 4.58. The minimum atomic E-state index is 0.937. The highest BCUT2D eigenvalue weighted by molar-refractivity contribution is 7.99. The lowest BCUT2D eigenvalue weighted by atomic mass is 10.2. The maximum Gasteiger partial charge on any atom is 0.0638 e. The molecule has 16 heavy (non-hydrogen) atoms. The molecule has 0 aliphatic rings. The second kappa shape index (κ2) is 7.74. The molecule has 0 radical (unpaired) electrons. The van der Waals surface area contributed by atoms with Gasteiger partial charge in [-0.05, 0) is 31.4 Å². The predicted molar refractivity (Wildman–Crippen MR) is 72.0 cm³/mol. The number of rotatable bonds is 8. The van der Waals surface area contributed by atoms with Gasteiger partial charge in [0.25, 0.3) is 0 Å². The van der Waals surface area contributed by atoms with Crippen LogP contribution in [-0.2, 0) is 13.1 Å². The first-order valence-electron chi connectivity index (χ1n) is 6.09.